The maximum absolute atomic E-state index is 11.9. The Morgan fingerprint density at radius 3 is 2.94 bits per heavy atom. The van der Waals surface area contributed by atoms with E-state index in [1.54, 1.807) is 24.3 Å². The Labute approximate surface area is 112 Å². The zero-order valence-corrected chi connectivity index (χ0v) is 10.8. The molecule has 0 saturated carbocycles. The summed E-state index contributed by atoms with van der Waals surface area (Å²) in [7, 11) is 0. The third-order valence-electron chi connectivity index (χ3n) is 2.13. The number of ketones is 1. The van der Waals surface area contributed by atoms with Crippen LogP contribution in [0.2, 0.25) is 5.02 Å². The van der Waals surface area contributed by atoms with Crippen molar-refractivity contribution in [2.75, 3.05) is 5.75 Å². The first-order chi connectivity index (χ1) is 8.65. The maximum atomic E-state index is 11.9. The highest BCUT2D eigenvalue weighted by molar-refractivity contribution is 7.99. The summed E-state index contributed by atoms with van der Waals surface area (Å²) in [6, 6.07) is 8.08. The number of carbonyl (C=O) groups is 1. The molecule has 2 rings (SSSR count). The highest BCUT2D eigenvalue weighted by Gasteiger charge is 2.07. The molecule has 1 aromatic carbocycles. The van der Waals surface area contributed by atoms with E-state index in [0.29, 0.717) is 15.7 Å². The number of hydrogen-bond acceptors (Lipinski definition) is 4. The molecule has 0 aliphatic heterocycles. The number of Topliss-reactive ketones (excluding diaryl/α,β-unsaturated/α-hetero) is 1. The Balaban J connectivity index is 2.03. The van der Waals surface area contributed by atoms with E-state index >= 15 is 0 Å². The average Bonchev–Trinajstić information content (AvgIpc) is 2.36. The monoisotopic (exact) mass is 280 g/mol. The topological polar surface area (TPSA) is 62.8 Å². The van der Waals surface area contributed by atoms with Gasteiger partial charge in [0.25, 0.3) is 5.56 Å². The number of benzene rings is 1. The molecule has 0 bridgehead atoms. The van der Waals surface area contributed by atoms with E-state index in [1.165, 1.54) is 24.0 Å². The predicted octanol–water partition coefficient (Wildman–Crippen LogP) is 2.40. The molecule has 1 N–H and O–H groups in total. The van der Waals surface area contributed by atoms with Crippen LogP contribution in [0.4, 0.5) is 0 Å². The first-order valence-electron chi connectivity index (χ1n) is 5.12. The van der Waals surface area contributed by atoms with Crippen molar-refractivity contribution < 1.29 is 4.79 Å². The highest BCUT2D eigenvalue weighted by Crippen LogP contribution is 2.16. The van der Waals surface area contributed by atoms with Gasteiger partial charge < -0.3 is 4.98 Å². The van der Waals surface area contributed by atoms with Gasteiger partial charge >= 0.3 is 0 Å². The fourth-order valence-electron chi connectivity index (χ4n) is 1.30. The summed E-state index contributed by atoms with van der Waals surface area (Å²) in [6.07, 6.45) is 1.41. The highest BCUT2D eigenvalue weighted by atomic mass is 35.5. The molecule has 0 spiro atoms. The Bertz CT molecular complexity index is 627. The molecule has 1 aromatic heterocycles. The SMILES string of the molecule is O=C(CSc1nccc(=O)[nH]1)c1cccc(Cl)c1. The Kier molecular flexibility index (Phi) is 4.17. The third-order valence-corrected chi connectivity index (χ3v) is 3.26. The lowest BCUT2D eigenvalue weighted by Crippen LogP contribution is -2.07. The molecule has 18 heavy (non-hydrogen) atoms. The van der Waals surface area contributed by atoms with Crippen LogP contribution in [0.15, 0.2) is 46.5 Å². The van der Waals surface area contributed by atoms with Gasteiger partial charge in [-0.25, -0.2) is 4.98 Å². The molecule has 0 aliphatic rings. The number of aromatic nitrogens is 2. The van der Waals surface area contributed by atoms with Crippen molar-refractivity contribution in [3.8, 4) is 0 Å². The summed E-state index contributed by atoms with van der Waals surface area (Å²) in [5.74, 6) is 0.141. The number of rotatable bonds is 4. The van der Waals surface area contributed by atoms with Crippen molar-refractivity contribution in [3.05, 3.63) is 57.5 Å². The van der Waals surface area contributed by atoms with Gasteiger partial charge in [-0.3, -0.25) is 9.59 Å². The molecule has 92 valence electrons. The van der Waals surface area contributed by atoms with Gasteiger partial charge in [0, 0.05) is 22.8 Å². The van der Waals surface area contributed by atoms with Gasteiger partial charge in [0.1, 0.15) is 0 Å². The van der Waals surface area contributed by atoms with E-state index in [1.807, 2.05) is 0 Å². The number of hydrogen-bond donors (Lipinski definition) is 1. The van der Waals surface area contributed by atoms with Gasteiger partial charge in [0.15, 0.2) is 10.9 Å². The van der Waals surface area contributed by atoms with Gasteiger partial charge in [-0.15, -0.1) is 0 Å². The number of nitrogens with zero attached hydrogens (tertiary/aromatic N) is 1. The quantitative estimate of drug-likeness (QED) is 0.531. The first kappa shape index (κ1) is 12.9. The van der Waals surface area contributed by atoms with Crippen molar-refractivity contribution in [3.63, 3.8) is 0 Å². The van der Waals surface area contributed by atoms with Crippen LogP contribution >= 0.6 is 23.4 Å². The lowest BCUT2D eigenvalue weighted by molar-refractivity contribution is 0.102. The molecule has 2 aromatic rings. The molecule has 1 heterocycles. The van der Waals surface area contributed by atoms with Crippen LogP contribution in [0.1, 0.15) is 10.4 Å². The van der Waals surface area contributed by atoms with Crippen LogP contribution in [0.25, 0.3) is 0 Å². The van der Waals surface area contributed by atoms with Crippen LogP contribution in [0.3, 0.4) is 0 Å². The third kappa shape index (κ3) is 3.45. The smallest absolute Gasteiger partial charge is 0.251 e. The molecular formula is C12H9ClN2O2S. The Morgan fingerprint density at radius 1 is 1.39 bits per heavy atom. The van der Waals surface area contributed by atoms with E-state index in [4.69, 9.17) is 11.6 Å². The standard InChI is InChI=1S/C12H9ClN2O2S/c13-9-3-1-2-8(6-9)10(16)7-18-12-14-5-4-11(17)15-12/h1-6H,7H2,(H,14,15,17). The summed E-state index contributed by atoms with van der Waals surface area (Å²) in [5, 5.41) is 0.954. The number of aromatic amines is 1. The zero-order chi connectivity index (χ0) is 13.0. The van der Waals surface area contributed by atoms with E-state index < -0.39 is 0 Å². The van der Waals surface area contributed by atoms with Crippen molar-refractivity contribution in [2.24, 2.45) is 0 Å². The molecule has 0 saturated heterocycles. The maximum Gasteiger partial charge on any atom is 0.251 e. The molecule has 0 atom stereocenters. The average molecular weight is 281 g/mol. The number of nitrogens with one attached hydrogen (secondary N) is 1. The normalized spacial score (nSPS) is 10.3. The second-order valence-corrected chi connectivity index (χ2v) is 4.86. The van der Waals surface area contributed by atoms with Gasteiger partial charge in [0.05, 0.1) is 5.75 Å². The number of halogens is 1. The first-order valence-corrected chi connectivity index (χ1v) is 6.48. The lowest BCUT2D eigenvalue weighted by atomic mass is 10.1. The van der Waals surface area contributed by atoms with Gasteiger partial charge in [0.2, 0.25) is 0 Å². The van der Waals surface area contributed by atoms with Gasteiger partial charge in [-0.2, -0.15) is 0 Å². The molecular weight excluding hydrogens is 272 g/mol. The number of H-pyrrole nitrogens is 1. The molecule has 0 aliphatic carbocycles. The summed E-state index contributed by atoms with van der Waals surface area (Å²) < 4.78 is 0. The second kappa shape index (κ2) is 5.84. The minimum atomic E-state index is -0.234. The largest absolute Gasteiger partial charge is 0.301 e. The minimum Gasteiger partial charge on any atom is -0.301 e. The Hall–Kier alpha value is -1.59. The van der Waals surface area contributed by atoms with Crippen LogP contribution in [-0.2, 0) is 0 Å². The van der Waals surface area contributed by atoms with Crippen molar-refractivity contribution in [2.45, 2.75) is 5.16 Å². The molecule has 0 fully saturated rings. The summed E-state index contributed by atoms with van der Waals surface area (Å²) in [4.78, 5) is 29.4. The van der Waals surface area contributed by atoms with Crippen molar-refractivity contribution in [1.29, 1.82) is 0 Å². The summed E-state index contributed by atoms with van der Waals surface area (Å²) in [5.41, 5.74) is 0.316. The van der Waals surface area contributed by atoms with Crippen LogP contribution < -0.4 is 5.56 Å². The molecule has 0 unspecified atom stereocenters. The zero-order valence-electron chi connectivity index (χ0n) is 9.22. The Morgan fingerprint density at radius 2 is 2.22 bits per heavy atom. The predicted molar refractivity (Wildman–Crippen MR) is 71.4 cm³/mol. The summed E-state index contributed by atoms with van der Waals surface area (Å²) in [6.45, 7) is 0. The van der Waals surface area contributed by atoms with Crippen LogP contribution in [0.5, 0.6) is 0 Å². The molecule has 6 heteroatoms. The molecule has 4 nitrogen and oxygen atoms in total. The second-order valence-electron chi connectivity index (χ2n) is 3.46. The van der Waals surface area contributed by atoms with Gasteiger partial charge in [-0.1, -0.05) is 35.5 Å². The fourth-order valence-corrected chi connectivity index (χ4v) is 2.24. The van der Waals surface area contributed by atoms with Crippen LogP contribution in [-0.4, -0.2) is 21.5 Å². The summed E-state index contributed by atoms with van der Waals surface area (Å²) >= 11 is 6.99. The number of carbonyl (C=O) groups excluding carboxylic acids is 1. The fraction of sp³-hybridized carbons (Fsp3) is 0.0833. The molecule has 0 amide bonds. The minimum absolute atomic E-state index is 0.0611. The van der Waals surface area contributed by atoms with E-state index in [9.17, 15) is 9.59 Å². The lowest BCUT2D eigenvalue weighted by Gasteiger charge is -2.01. The van der Waals surface area contributed by atoms with Crippen LogP contribution in [0, 0.1) is 0 Å². The van der Waals surface area contributed by atoms with E-state index in [-0.39, 0.29) is 17.1 Å². The molecule has 0 radical (unpaired) electrons. The van der Waals surface area contributed by atoms with E-state index in [2.05, 4.69) is 9.97 Å². The van der Waals surface area contributed by atoms with Gasteiger partial charge in [-0.05, 0) is 12.1 Å². The van der Waals surface area contributed by atoms with Crippen molar-refractivity contribution in [1.82, 2.24) is 9.97 Å². The van der Waals surface area contributed by atoms with E-state index in [0.717, 1.165) is 0 Å². The number of thioether (sulfide) groups is 1. The van der Waals surface area contributed by atoms with Crippen molar-refractivity contribution >= 4 is 29.1 Å².